The highest BCUT2D eigenvalue weighted by atomic mass is 32.1. The van der Waals surface area contributed by atoms with Crippen molar-refractivity contribution in [3.8, 4) is 0 Å². The third-order valence-corrected chi connectivity index (χ3v) is 7.06. The molecule has 0 aliphatic rings. The predicted molar refractivity (Wildman–Crippen MR) is 114 cm³/mol. The molecule has 7 nitrogen and oxygen atoms in total. The molecule has 0 bridgehead atoms. The van der Waals surface area contributed by atoms with Gasteiger partial charge in [-0.25, -0.2) is 4.98 Å². The molecular formula is C19H22N4O3S2. The first-order valence-corrected chi connectivity index (χ1v) is 10.6. The van der Waals surface area contributed by atoms with Gasteiger partial charge < -0.3 is 11.1 Å². The van der Waals surface area contributed by atoms with Crippen molar-refractivity contribution in [2.45, 2.75) is 47.1 Å². The van der Waals surface area contributed by atoms with Crippen LogP contribution in [0.25, 0.3) is 10.2 Å². The number of fused-ring (bicyclic) bond motifs is 1. The molecular weight excluding hydrogens is 396 g/mol. The summed E-state index contributed by atoms with van der Waals surface area (Å²) in [6.07, 6.45) is 3.40. The Balaban J connectivity index is 2.01. The minimum absolute atomic E-state index is 0.133. The Morgan fingerprint density at radius 3 is 2.57 bits per heavy atom. The second kappa shape index (κ2) is 7.84. The van der Waals surface area contributed by atoms with E-state index in [0.29, 0.717) is 37.8 Å². The molecule has 3 N–H and O–H groups in total. The number of hydrogen-bond acceptors (Lipinski definition) is 6. The summed E-state index contributed by atoms with van der Waals surface area (Å²) in [6, 6.07) is 0. The van der Waals surface area contributed by atoms with Gasteiger partial charge in [0.05, 0.1) is 22.2 Å². The van der Waals surface area contributed by atoms with Gasteiger partial charge in [0.15, 0.2) is 0 Å². The van der Waals surface area contributed by atoms with Crippen LogP contribution in [0.1, 0.15) is 55.8 Å². The summed E-state index contributed by atoms with van der Waals surface area (Å²) in [5.41, 5.74) is 7.04. The molecule has 0 atom stereocenters. The van der Waals surface area contributed by atoms with Gasteiger partial charge in [-0.1, -0.05) is 13.3 Å². The van der Waals surface area contributed by atoms with E-state index in [0.717, 1.165) is 23.3 Å². The topological polar surface area (TPSA) is 107 Å². The number of nitrogens with one attached hydrogen (secondary N) is 1. The predicted octanol–water partition coefficient (Wildman–Crippen LogP) is 3.60. The van der Waals surface area contributed by atoms with Gasteiger partial charge in [0.25, 0.3) is 17.4 Å². The van der Waals surface area contributed by atoms with Crippen molar-refractivity contribution in [1.29, 1.82) is 0 Å². The Labute approximate surface area is 170 Å². The number of thiophene rings is 2. The van der Waals surface area contributed by atoms with Crippen LogP contribution in [0.2, 0.25) is 0 Å². The maximum atomic E-state index is 12.9. The van der Waals surface area contributed by atoms with E-state index in [1.54, 1.807) is 18.4 Å². The summed E-state index contributed by atoms with van der Waals surface area (Å²) in [5.74, 6) is -0.950. The molecule has 3 heterocycles. The first kappa shape index (κ1) is 20.2. The van der Waals surface area contributed by atoms with Crippen LogP contribution in [0, 0.1) is 20.8 Å². The first-order chi connectivity index (χ1) is 13.3. The monoisotopic (exact) mass is 418 g/mol. The number of primary amides is 1. The molecule has 28 heavy (non-hydrogen) atoms. The summed E-state index contributed by atoms with van der Waals surface area (Å²) < 4.78 is 1.59. The summed E-state index contributed by atoms with van der Waals surface area (Å²) in [4.78, 5) is 43.7. The number of unbranched alkanes of at least 4 members (excludes halogenated alkanes) is 1. The molecule has 0 aromatic carbocycles. The zero-order chi connectivity index (χ0) is 20.6. The largest absolute Gasteiger partial charge is 0.365 e. The maximum absolute atomic E-state index is 12.9. The fourth-order valence-corrected chi connectivity index (χ4v) is 5.13. The quantitative estimate of drug-likeness (QED) is 0.638. The Kier molecular flexibility index (Phi) is 5.66. The van der Waals surface area contributed by atoms with E-state index < -0.39 is 5.91 Å². The van der Waals surface area contributed by atoms with Gasteiger partial charge in [-0.2, -0.15) is 0 Å². The summed E-state index contributed by atoms with van der Waals surface area (Å²) in [6.45, 7) is 8.08. The fourth-order valence-electron chi connectivity index (χ4n) is 3.04. The molecule has 0 radical (unpaired) electrons. The molecule has 0 spiro atoms. The van der Waals surface area contributed by atoms with Crippen LogP contribution in [-0.4, -0.2) is 21.4 Å². The molecule has 3 rings (SSSR count). The normalized spacial score (nSPS) is 11.1. The number of aromatic nitrogens is 2. The summed E-state index contributed by atoms with van der Waals surface area (Å²) in [7, 11) is 0. The summed E-state index contributed by atoms with van der Waals surface area (Å²) >= 11 is 2.49. The molecule has 3 aromatic heterocycles. The molecule has 0 saturated heterocycles. The van der Waals surface area contributed by atoms with E-state index in [1.807, 2.05) is 6.92 Å². The van der Waals surface area contributed by atoms with Crippen LogP contribution in [0.3, 0.4) is 0 Å². The zero-order valence-electron chi connectivity index (χ0n) is 16.2. The lowest BCUT2D eigenvalue weighted by atomic mass is 10.1. The van der Waals surface area contributed by atoms with E-state index in [2.05, 4.69) is 17.2 Å². The Morgan fingerprint density at radius 2 is 1.93 bits per heavy atom. The average molecular weight is 419 g/mol. The van der Waals surface area contributed by atoms with Crippen LogP contribution in [-0.2, 0) is 6.54 Å². The SMILES string of the molecule is CCCCn1cnc2sc(C(=O)Nc3sc(C)c(C)c3C(N)=O)c(C)c2c1=O. The standard InChI is InChI=1S/C19H22N4O3S2/c1-5-6-7-23-8-21-17-13(19(23)26)10(3)14(28-17)16(25)22-18-12(15(20)24)9(2)11(4)27-18/h8H,5-7H2,1-4H3,(H2,20,24)(H,22,25). The van der Waals surface area contributed by atoms with E-state index in [4.69, 9.17) is 5.73 Å². The lowest BCUT2D eigenvalue weighted by Crippen LogP contribution is -2.21. The summed E-state index contributed by atoms with van der Waals surface area (Å²) in [5, 5.41) is 3.70. The van der Waals surface area contributed by atoms with Gasteiger partial charge in [-0.05, 0) is 38.3 Å². The molecule has 0 fully saturated rings. The number of rotatable bonds is 6. The molecule has 3 aromatic rings. The van der Waals surface area contributed by atoms with E-state index in [-0.39, 0.29) is 11.5 Å². The average Bonchev–Trinajstić information content (AvgIpc) is 3.11. The highest BCUT2D eigenvalue weighted by molar-refractivity contribution is 7.21. The van der Waals surface area contributed by atoms with Crippen molar-refractivity contribution < 1.29 is 9.59 Å². The van der Waals surface area contributed by atoms with Crippen LogP contribution in [0.4, 0.5) is 5.00 Å². The third-order valence-electron chi connectivity index (χ3n) is 4.73. The number of hydrogen-bond donors (Lipinski definition) is 2. The molecule has 0 aliphatic carbocycles. The van der Waals surface area contributed by atoms with E-state index in [1.165, 1.54) is 29.0 Å². The van der Waals surface area contributed by atoms with Crippen molar-refractivity contribution in [3.05, 3.63) is 43.1 Å². The van der Waals surface area contributed by atoms with Gasteiger partial charge in [0.1, 0.15) is 9.83 Å². The maximum Gasteiger partial charge on any atom is 0.266 e. The number of carbonyl (C=O) groups excluding carboxylic acids is 2. The van der Waals surface area contributed by atoms with Crippen molar-refractivity contribution in [3.63, 3.8) is 0 Å². The van der Waals surface area contributed by atoms with E-state index >= 15 is 0 Å². The van der Waals surface area contributed by atoms with Crippen molar-refractivity contribution in [2.24, 2.45) is 5.73 Å². The number of nitrogens with zero attached hydrogens (tertiary/aromatic N) is 2. The Morgan fingerprint density at radius 1 is 1.21 bits per heavy atom. The molecule has 0 saturated carbocycles. The molecule has 9 heteroatoms. The highest BCUT2D eigenvalue weighted by Crippen LogP contribution is 2.34. The fraction of sp³-hybridized carbons (Fsp3) is 0.368. The minimum Gasteiger partial charge on any atom is -0.365 e. The molecule has 0 aliphatic heterocycles. The van der Waals surface area contributed by atoms with Crippen LogP contribution >= 0.6 is 22.7 Å². The first-order valence-electron chi connectivity index (χ1n) is 8.95. The Hall–Kier alpha value is -2.52. The van der Waals surface area contributed by atoms with Gasteiger partial charge in [-0.3, -0.25) is 19.0 Å². The second-order valence-corrected chi connectivity index (χ2v) is 8.86. The Bertz CT molecular complexity index is 1140. The van der Waals surface area contributed by atoms with Crippen molar-refractivity contribution in [1.82, 2.24) is 9.55 Å². The van der Waals surface area contributed by atoms with Crippen molar-refractivity contribution >= 4 is 49.7 Å². The number of aryl methyl sites for hydroxylation is 3. The third kappa shape index (κ3) is 3.47. The van der Waals surface area contributed by atoms with Crippen LogP contribution in [0.15, 0.2) is 11.1 Å². The zero-order valence-corrected chi connectivity index (χ0v) is 17.8. The van der Waals surface area contributed by atoms with Gasteiger partial charge in [-0.15, -0.1) is 22.7 Å². The van der Waals surface area contributed by atoms with Crippen LogP contribution < -0.4 is 16.6 Å². The van der Waals surface area contributed by atoms with Gasteiger partial charge in [0.2, 0.25) is 0 Å². The van der Waals surface area contributed by atoms with Gasteiger partial charge in [0, 0.05) is 11.4 Å². The minimum atomic E-state index is -0.578. The number of nitrogens with two attached hydrogens (primary N) is 1. The molecule has 0 unspecified atom stereocenters. The van der Waals surface area contributed by atoms with Gasteiger partial charge >= 0.3 is 0 Å². The number of anilines is 1. The van der Waals surface area contributed by atoms with E-state index in [9.17, 15) is 14.4 Å². The van der Waals surface area contributed by atoms with Crippen LogP contribution in [0.5, 0.6) is 0 Å². The van der Waals surface area contributed by atoms with Crippen molar-refractivity contribution in [2.75, 3.05) is 5.32 Å². The highest BCUT2D eigenvalue weighted by Gasteiger charge is 2.23. The number of amides is 2. The molecule has 2 amide bonds. The number of carbonyl (C=O) groups is 2. The lowest BCUT2D eigenvalue weighted by molar-refractivity contribution is 0.100. The smallest absolute Gasteiger partial charge is 0.266 e. The lowest BCUT2D eigenvalue weighted by Gasteiger charge is -2.05. The molecule has 148 valence electrons. The second-order valence-electron chi connectivity index (χ2n) is 6.64.